The quantitative estimate of drug-likeness (QED) is 0.385. The van der Waals surface area contributed by atoms with E-state index in [-0.39, 0.29) is 6.61 Å². The molecule has 3 heteroatoms. The normalized spacial score (nSPS) is 10.0. The lowest BCUT2D eigenvalue weighted by atomic mass is 10.1. The molecule has 0 aromatic heterocycles. The smallest absolute Gasteiger partial charge is 0.109 e. The molecule has 0 atom stereocenters. The summed E-state index contributed by atoms with van der Waals surface area (Å²) in [6, 6.07) is 5.57. The lowest BCUT2D eigenvalue weighted by molar-refractivity contribution is -0.252. The highest BCUT2D eigenvalue weighted by Gasteiger charge is 2.01. The van der Waals surface area contributed by atoms with Gasteiger partial charge >= 0.3 is 0 Å². The maximum atomic E-state index is 8.21. The van der Waals surface area contributed by atoms with Crippen LogP contribution in [0.4, 0.5) is 5.69 Å². The Morgan fingerprint density at radius 1 is 1.55 bits per heavy atom. The average molecular weight is 153 g/mol. The number of nitrogen functional groups attached to an aromatic ring is 1. The lowest BCUT2D eigenvalue weighted by Crippen LogP contribution is -1.98. The monoisotopic (exact) mass is 153 g/mol. The van der Waals surface area contributed by atoms with E-state index in [1.165, 1.54) is 0 Å². The molecule has 1 aromatic rings. The minimum Gasteiger partial charge on any atom is -0.398 e. The number of aryl methyl sites for hydroxylation is 1. The Morgan fingerprint density at radius 3 is 2.82 bits per heavy atom. The van der Waals surface area contributed by atoms with Gasteiger partial charge in [0.25, 0.3) is 0 Å². The first-order valence-corrected chi connectivity index (χ1v) is 3.36. The van der Waals surface area contributed by atoms with Gasteiger partial charge in [-0.2, -0.15) is 0 Å². The van der Waals surface area contributed by atoms with Gasteiger partial charge in [0, 0.05) is 11.3 Å². The van der Waals surface area contributed by atoms with Crippen LogP contribution in [0.2, 0.25) is 0 Å². The summed E-state index contributed by atoms with van der Waals surface area (Å²) in [5.74, 6) is 0. The molecule has 0 radical (unpaired) electrons. The van der Waals surface area contributed by atoms with E-state index < -0.39 is 0 Å². The summed E-state index contributed by atoms with van der Waals surface area (Å²) in [7, 11) is 0. The number of rotatable bonds is 2. The van der Waals surface area contributed by atoms with Crippen LogP contribution in [0.15, 0.2) is 18.2 Å². The van der Waals surface area contributed by atoms with Crippen molar-refractivity contribution in [1.29, 1.82) is 0 Å². The highest BCUT2D eigenvalue weighted by molar-refractivity contribution is 5.49. The van der Waals surface area contributed by atoms with Crippen LogP contribution in [0.5, 0.6) is 0 Å². The maximum Gasteiger partial charge on any atom is 0.109 e. The van der Waals surface area contributed by atoms with Crippen LogP contribution in [0.1, 0.15) is 11.1 Å². The lowest BCUT2D eigenvalue weighted by Gasteiger charge is -2.05. The molecule has 0 spiro atoms. The van der Waals surface area contributed by atoms with Crippen LogP contribution in [0.25, 0.3) is 0 Å². The number of nitrogens with two attached hydrogens (primary N) is 1. The highest BCUT2D eigenvalue weighted by atomic mass is 17.1. The zero-order valence-corrected chi connectivity index (χ0v) is 6.37. The molecule has 1 aromatic carbocycles. The van der Waals surface area contributed by atoms with Crippen molar-refractivity contribution in [2.24, 2.45) is 0 Å². The molecule has 0 saturated heterocycles. The summed E-state index contributed by atoms with van der Waals surface area (Å²) in [5.41, 5.74) is 8.14. The predicted molar refractivity (Wildman–Crippen MR) is 43.0 cm³/mol. The zero-order chi connectivity index (χ0) is 8.27. The number of hydrogen-bond acceptors (Lipinski definition) is 3. The van der Waals surface area contributed by atoms with Crippen molar-refractivity contribution in [2.45, 2.75) is 13.5 Å². The number of benzene rings is 1. The predicted octanol–water partition coefficient (Wildman–Crippen LogP) is 1.57. The fourth-order valence-corrected chi connectivity index (χ4v) is 0.987. The fourth-order valence-electron chi connectivity index (χ4n) is 0.987. The second-order valence-electron chi connectivity index (χ2n) is 2.42. The van der Waals surface area contributed by atoms with Gasteiger partial charge in [0.2, 0.25) is 0 Å². The van der Waals surface area contributed by atoms with E-state index in [0.717, 1.165) is 11.1 Å². The Balaban J connectivity index is 3.00. The standard InChI is InChI=1S/C8H11NO2/c1-6-3-2-4-8(9)7(6)5-11-10/h2-4,10H,5,9H2,1H3. The van der Waals surface area contributed by atoms with E-state index in [2.05, 4.69) is 4.89 Å². The first kappa shape index (κ1) is 8.04. The van der Waals surface area contributed by atoms with Gasteiger partial charge in [0.1, 0.15) is 6.61 Å². The van der Waals surface area contributed by atoms with E-state index >= 15 is 0 Å². The Kier molecular flexibility index (Phi) is 2.46. The molecule has 0 amide bonds. The Bertz CT molecular complexity index is 228. The van der Waals surface area contributed by atoms with Crippen molar-refractivity contribution >= 4 is 5.69 Å². The second kappa shape index (κ2) is 3.37. The summed E-state index contributed by atoms with van der Waals surface area (Å²) in [4.78, 5) is 4.01. The molecule has 3 nitrogen and oxygen atoms in total. The average Bonchev–Trinajstić information content (AvgIpc) is 1.97. The third-order valence-corrected chi connectivity index (χ3v) is 1.66. The third-order valence-electron chi connectivity index (χ3n) is 1.66. The molecule has 0 aliphatic heterocycles. The van der Waals surface area contributed by atoms with Crippen LogP contribution < -0.4 is 5.73 Å². The third kappa shape index (κ3) is 1.69. The van der Waals surface area contributed by atoms with Gasteiger partial charge in [-0.1, -0.05) is 12.1 Å². The SMILES string of the molecule is Cc1cccc(N)c1COO. The molecule has 60 valence electrons. The molecule has 0 fully saturated rings. The molecule has 0 aliphatic rings. The van der Waals surface area contributed by atoms with Crippen molar-refractivity contribution in [3.63, 3.8) is 0 Å². The summed E-state index contributed by atoms with van der Waals surface area (Å²) >= 11 is 0. The fraction of sp³-hybridized carbons (Fsp3) is 0.250. The van der Waals surface area contributed by atoms with E-state index in [0.29, 0.717) is 5.69 Å². The van der Waals surface area contributed by atoms with Crippen LogP contribution in [0, 0.1) is 6.92 Å². The minimum atomic E-state index is 0.151. The van der Waals surface area contributed by atoms with Gasteiger partial charge in [-0.3, -0.25) is 5.26 Å². The van der Waals surface area contributed by atoms with Crippen molar-refractivity contribution in [1.82, 2.24) is 0 Å². The van der Waals surface area contributed by atoms with Crippen LogP contribution in [-0.2, 0) is 11.5 Å². The first-order chi connectivity index (χ1) is 5.25. The molecule has 3 N–H and O–H groups in total. The summed E-state index contributed by atoms with van der Waals surface area (Å²) in [6.07, 6.45) is 0. The second-order valence-corrected chi connectivity index (χ2v) is 2.42. The summed E-state index contributed by atoms with van der Waals surface area (Å²) in [6.45, 7) is 2.07. The zero-order valence-electron chi connectivity index (χ0n) is 6.37. The van der Waals surface area contributed by atoms with Gasteiger partial charge in [-0.05, 0) is 18.6 Å². The van der Waals surface area contributed by atoms with Crippen molar-refractivity contribution in [2.75, 3.05) is 5.73 Å². The minimum absolute atomic E-state index is 0.151. The molecule has 0 heterocycles. The van der Waals surface area contributed by atoms with Crippen molar-refractivity contribution in [3.8, 4) is 0 Å². The molecule has 0 aliphatic carbocycles. The van der Waals surface area contributed by atoms with Crippen molar-refractivity contribution < 1.29 is 10.1 Å². The molecular formula is C8H11NO2. The van der Waals surface area contributed by atoms with E-state index in [1.807, 2.05) is 19.1 Å². The van der Waals surface area contributed by atoms with Crippen LogP contribution in [-0.4, -0.2) is 5.26 Å². The van der Waals surface area contributed by atoms with E-state index in [9.17, 15) is 0 Å². The van der Waals surface area contributed by atoms with Gasteiger partial charge in [0.15, 0.2) is 0 Å². The van der Waals surface area contributed by atoms with Crippen molar-refractivity contribution in [3.05, 3.63) is 29.3 Å². The van der Waals surface area contributed by atoms with Gasteiger partial charge in [-0.15, -0.1) is 0 Å². The first-order valence-electron chi connectivity index (χ1n) is 3.36. The van der Waals surface area contributed by atoms with Gasteiger partial charge in [-0.25, -0.2) is 4.89 Å². The Hall–Kier alpha value is -1.06. The summed E-state index contributed by atoms with van der Waals surface area (Å²) < 4.78 is 0. The van der Waals surface area contributed by atoms with Gasteiger partial charge in [0.05, 0.1) is 0 Å². The summed E-state index contributed by atoms with van der Waals surface area (Å²) in [5, 5.41) is 8.21. The Labute approximate surface area is 65.3 Å². The topological polar surface area (TPSA) is 55.5 Å². The van der Waals surface area contributed by atoms with E-state index in [4.69, 9.17) is 11.0 Å². The largest absolute Gasteiger partial charge is 0.398 e. The highest BCUT2D eigenvalue weighted by Crippen LogP contribution is 2.16. The molecule has 1 rings (SSSR count). The molecule has 11 heavy (non-hydrogen) atoms. The molecule has 0 saturated carbocycles. The maximum absolute atomic E-state index is 8.21. The van der Waals surface area contributed by atoms with Crippen LogP contribution in [0.3, 0.4) is 0 Å². The van der Waals surface area contributed by atoms with Crippen LogP contribution >= 0.6 is 0 Å². The Morgan fingerprint density at radius 2 is 2.27 bits per heavy atom. The molecular weight excluding hydrogens is 142 g/mol. The van der Waals surface area contributed by atoms with E-state index in [1.54, 1.807) is 6.07 Å². The van der Waals surface area contributed by atoms with Gasteiger partial charge < -0.3 is 5.73 Å². The number of anilines is 1. The molecule has 0 bridgehead atoms. The molecule has 0 unspecified atom stereocenters. The number of hydrogen-bond donors (Lipinski definition) is 2.